The molecule has 2 rings (SSSR count). The molecule has 1 N–H and O–H groups in total. The highest BCUT2D eigenvalue weighted by Gasteiger charge is 2.21. The highest BCUT2D eigenvalue weighted by molar-refractivity contribution is 7.78. The van der Waals surface area contributed by atoms with Crippen molar-refractivity contribution < 1.29 is 13.6 Å². The van der Waals surface area contributed by atoms with Crippen LogP contribution in [0.2, 0.25) is 0 Å². The quantitative estimate of drug-likeness (QED) is 0.623. The van der Waals surface area contributed by atoms with Gasteiger partial charge in [0.2, 0.25) is 5.78 Å². The number of H-pyrrole nitrogens is 1. The Hall–Kier alpha value is -2.19. The van der Waals surface area contributed by atoms with E-state index in [1.807, 2.05) is 0 Å². The number of aromatic nitrogens is 2. The van der Waals surface area contributed by atoms with Gasteiger partial charge in [-0.2, -0.15) is 0 Å². The topological polar surface area (TPSA) is 98.2 Å². The summed E-state index contributed by atoms with van der Waals surface area (Å²) in [5.41, 5.74) is 2.04. The van der Waals surface area contributed by atoms with E-state index in [0.717, 1.165) is 0 Å². The van der Waals surface area contributed by atoms with E-state index in [1.165, 1.54) is 10.9 Å². The number of hydrogen-bond acceptors (Lipinski definition) is 5. The molecular formula is C16H20N3O4S-. The van der Waals surface area contributed by atoms with Crippen molar-refractivity contribution in [3.8, 4) is 0 Å². The van der Waals surface area contributed by atoms with Gasteiger partial charge in [-0.3, -0.25) is 18.5 Å². The fourth-order valence-electron chi connectivity index (χ4n) is 2.82. The summed E-state index contributed by atoms with van der Waals surface area (Å²) in [7, 11) is 3.57. The molecule has 130 valence electrons. The van der Waals surface area contributed by atoms with Crippen LogP contribution in [0, 0.1) is 6.92 Å². The molecule has 0 fully saturated rings. The van der Waals surface area contributed by atoms with Crippen molar-refractivity contribution in [2.75, 3.05) is 19.0 Å². The number of rotatable bonds is 6. The number of ketones is 1. The van der Waals surface area contributed by atoms with E-state index < -0.39 is 11.1 Å². The van der Waals surface area contributed by atoms with Crippen molar-refractivity contribution in [1.29, 1.82) is 0 Å². The van der Waals surface area contributed by atoms with Crippen LogP contribution in [0.25, 0.3) is 0 Å². The molecule has 2 aromatic rings. The van der Waals surface area contributed by atoms with Crippen molar-refractivity contribution in [3.05, 3.63) is 50.9 Å². The maximum Gasteiger partial charge on any atom is 0.277 e. The van der Waals surface area contributed by atoms with E-state index in [2.05, 4.69) is 5.10 Å². The third-order valence-corrected chi connectivity index (χ3v) is 4.43. The predicted octanol–water partition coefficient (Wildman–Crippen LogP) is 1.18. The van der Waals surface area contributed by atoms with Crippen LogP contribution in [-0.2, 0) is 23.4 Å². The molecule has 0 aliphatic carbocycles. The van der Waals surface area contributed by atoms with E-state index in [9.17, 15) is 18.4 Å². The lowest BCUT2D eigenvalue weighted by Crippen LogP contribution is -2.22. The molecule has 8 heteroatoms. The number of benzene rings is 1. The summed E-state index contributed by atoms with van der Waals surface area (Å²) in [6.07, 6.45) is 1.41. The minimum Gasteiger partial charge on any atom is -0.772 e. The highest BCUT2D eigenvalue weighted by Crippen LogP contribution is 2.28. The minimum absolute atomic E-state index is 0.0739. The fraction of sp³-hybridized carbons (Fsp3) is 0.375. The molecule has 24 heavy (non-hydrogen) atoms. The second-order valence-corrected chi connectivity index (χ2v) is 6.55. The van der Waals surface area contributed by atoms with Crippen LogP contribution < -0.4 is 10.5 Å². The smallest absolute Gasteiger partial charge is 0.277 e. The Bertz CT molecular complexity index is 851. The summed E-state index contributed by atoms with van der Waals surface area (Å²) in [6, 6.07) is 3.20. The Morgan fingerprint density at radius 2 is 2.00 bits per heavy atom. The fourth-order valence-corrected chi connectivity index (χ4v) is 3.31. The van der Waals surface area contributed by atoms with E-state index >= 15 is 0 Å². The first-order valence-electron chi connectivity index (χ1n) is 7.46. The molecule has 1 aromatic carbocycles. The number of nitrogens with zero attached hydrogens (tertiary/aromatic N) is 2. The number of nitrogens with one attached hydrogen (secondary N) is 1. The maximum atomic E-state index is 12.8. The molecule has 1 unspecified atom stereocenters. The molecule has 0 saturated carbocycles. The summed E-state index contributed by atoms with van der Waals surface area (Å²) in [6.45, 7) is 4.01. The Balaban J connectivity index is 2.56. The van der Waals surface area contributed by atoms with Crippen LogP contribution >= 0.6 is 0 Å². The van der Waals surface area contributed by atoms with Crippen LogP contribution in [0.1, 0.15) is 34.0 Å². The molecule has 0 bridgehead atoms. The Kier molecular flexibility index (Phi) is 5.40. The van der Waals surface area contributed by atoms with E-state index in [-0.39, 0.29) is 22.7 Å². The second kappa shape index (κ2) is 7.14. The summed E-state index contributed by atoms with van der Waals surface area (Å²) in [5.74, 6) is -0.505. The first-order chi connectivity index (χ1) is 11.3. The van der Waals surface area contributed by atoms with E-state index in [4.69, 9.17) is 0 Å². The molecule has 0 spiro atoms. The van der Waals surface area contributed by atoms with Gasteiger partial charge in [-0.15, -0.1) is 0 Å². The average molecular weight is 350 g/mol. The lowest BCUT2D eigenvalue weighted by molar-refractivity contribution is 0.103. The maximum absolute atomic E-state index is 12.8. The van der Waals surface area contributed by atoms with Gasteiger partial charge in [0.1, 0.15) is 5.56 Å². The average Bonchev–Trinajstić information content (AvgIpc) is 2.86. The molecule has 1 aromatic heterocycles. The second-order valence-electron chi connectivity index (χ2n) is 5.65. The lowest BCUT2D eigenvalue weighted by Gasteiger charge is -2.22. The molecule has 0 aliphatic rings. The van der Waals surface area contributed by atoms with Crippen molar-refractivity contribution in [2.45, 2.75) is 26.1 Å². The first-order valence-corrected chi connectivity index (χ1v) is 8.70. The zero-order valence-electron chi connectivity index (χ0n) is 14.1. The van der Waals surface area contributed by atoms with E-state index in [1.54, 1.807) is 45.0 Å². The molecule has 0 aliphatic heterocycles. The molecule has 0 amide bonds. The summed E-state index contributed by atoms with van der Waals surface area (Å²) in [4.78, 5) is 26.7. The predicted molar refractivity (Wildman–Crippen MR) is 92.3 cm³/mol. The van der Waals surface area contributed by atoms with Crippen LogP contribution in [0.15, 0.2) is 23.1 Å². The number of aryl methyl sites for hydroxylation is 1. The zero-order chi connectivity index (χ0) is 18.0. The van der Waals surface area contributed by atoms with Gasteiger partial charge in [0.05, 0.1) is 0 Å². The molecule has 0 saturated heterocycles. The number of hydrogen-bond donors (Lipinski definition) is 1. The summed E-state index contributed by atoms with van der Waals surface area (Å²) >= 11 is -2.23. The molecule has 7 nitrogen and oxygen atoms in total. The summed E-state index contributed by atoms with van der Waals surface area (Å²) in [5, 5.41) is 2.76. The molecule has 1 atom stereocenters. The Morgan fingerprint density at radius 3 is 2.50 bits per heavy atom. The monoisotopic (exact) mass is 350 g/mol. The van der Waals surface area contributed by atoms with Gasteiger partial charge in [0, 0.05) is 43.8 Å². The number of carbonyl (C=O) groups excluding carboxylic acids is 1. The lowest BCUT2D eigenvalue weighted by atomic mass is 9.96. The standard InChI is InChI=1S/C16H21N3O4S/c1-5-19-16(21)13(8-17-19)15(20)12-7-6-11(9-24(22)23)14(10(12)2)18(3)4/h6-8,17H,5,9H2,1-4H3,(H,22,23)/p-1. The highest BCUT2D eigenvalue weighted by atomic mass is 32.2. The third kappa shape index (κ3) is 3.34. The van der Waals surface area contributed by atoms with Gasteiger partial charge in [0.25, 0.3) is 5.56 Å². The third-order valence-electron chi connectivity index (χ3n) is 3.88. The first kappa shape index (κ1) is 18.2. The molecule has 1 heterocycles. The minimum atomic E-state index is -2.23. The van der Waals surface area contributed by atoms with Crippen molar-refractivity contribution in [2.24, 2.45) is 0 Å². The van der Waals surface area contributed by atoms with Crippen LogP contribution in [-0.4, -0.2) is 38.4 Å². The number of aromatic amines is 1. The largest absolute Gasteiger partial charge is 0.772 e. The molecular weight excluding hydrogens is 330 g/mol. The van der Waals surface area contributed by atoms with Crippen LogP contribution in [0.5, 0.6) is 0 Å². The van der Waals surface area contributed by atoms with Crippen LogP contribution in [0.4, 0.5) is 5.69 Å². The normalized spacial score (nSPS) is 12.2. The SMILES string of the molecule is CCn1[nH]cc(C(=O)c2ccc(CS(=O)[O-])c(N(C)C)c2C)c1=O. The number of carbonyl (C=O) groups is 1. The number of anilines is 1. The van der Waals surface area contributed by atoms with Gasteiger partial charge in [-0.1, -0.05) is 23.2 Å². The Labute approximate surface area is 142 Å². The van der Waals surface area contributed by atoms with Gasteiger partial charge >= 0.3 is 0 Å². The van der Waals surface area contributed by atoms with Gasteiger partial charge < -0.3 is 14.6 Å². The van der Waals surface area contributed by atoms with Gasteiger partial charge in [0.15, 0.2) is 0 Å². The Morgan fingerprint density at radius 1 is 1.33 bits per heavy atom. The van der Waals surface area contributed by atoms with Crippen molar-refractivity contribution >= 4 is 22.6 Å². The zero-order valence-corrected chi connectivity index (χ0v) is 14.9. The van der Waals surface area contributed by atoms with Gasteiger partial charge in [-0.05, 0) is 25.0 Å². The summed E-state index contributed by atoms with van der Waals surface area (Å²) < 4.78 is 23.4. The molecule has 0 radical (unpaired) electrons. The van der Waals surface area contributed by atoms with Crippen molar-refractivity contribution in [1.82, 2.24) is 9.78 Å². The van der Waals surface area contributed by atoms with Crippen LogP contribution in [0.3, 0.4) is 0 Å². The van der Waals surface area contributed by atoms with Gasteiger partial charge in [-0.25, -0.2) is 0 Å². The van der Waals surface area contributed by atoms with E-state index in [0.29, 0.717) is 28.9 Å². The van der Waals surface area contributed by atoms with Crippen molar-refractivity contribution in [3.63, 3.8) is 0 Å².